The lowest BCUT2D eigenvalue weighted by Gasteiger charge is -2.09. The zero-order valence-electron chi connectivity index (χ0n) is 7.01. The third-order valence-corrected chi connectivity index (χ3v) is 1.88. The summed E-state index contributed by atoms with van der Waals surface area (Å²) in [5, 5.41) is 1.19. The van der Waals surface area contributed by atoms with E-state index in [1.165, 1.54) is 0 Å². The van der Waals surface area contributed by atoms with Gasteiger partial charge in [0, 0.05) is 12.7 Å². The van der Waals surface area contributed by atoms with E-state index in [0.29, 0.717) is 10.0 Å². The van der Waals surface area contributed by atoms with Crippen molar-refractivity contribution in [3.63, 3.8) is 0 Å². The van der Waals surface area contributed by atoms with E-state index in [9.17, 15) is 0 Å². The Kier molecular flexibility index (Phi) is 3.32. The first-order valence-electron chi connectivity index (χ1n) is 3.54. The van der Waals surface area contributed by atoms with Crippen LogP contribution in [0.15, 0.2) is 12.3 Å². The van der Waals surface area contributed by atoms with Gasteiger partial charge in [0.25, 0.3) is 0 Å². The molecule has 4 heteroatoms. The molecule has 0 spiro atoms. The van der Waals surface area contributed by atoms with E-state index in [2.05, 4.69) is 4.98 Å². The first-order chi connectivity index (χ1) is 5.59. The van der Waals surface area contributed by atoms with Crippen LogP contribution in [-0.4, -0.2) is 24.0 Å². The standard InChI is InChI=1S/C8H10Cl2N2/c1-12(2)5-8-7(10)3-6(9)4-11-8/h3-4H,5H2,1-2H3. The van der Waals surface area contributed by atoms with Crippen molar-refractivity contribution in [2.75, 3.05) is 14.1 Å². The van der Waals surface area contributed by atoms with Gasteiger partial charge < -0.3 is 4.90 Å². The molecule has 0 aliphatic heterocycles. The lowest BCUT2D eigenvalue weighted by atomic mass is 10.3. The van der Waals surface area contributed by atoms with Crippen molar-refractivity contribution in [3.05, 3.63) is 28.0 Å². The molecule has 0 saturated carbocycles. The molecule has 66 valence electrons. The summed E-state index contributed by atoms with van der Waals surface area (Å²) >= 11 is 11.6. The van der Waals surface area contributed by atoms with Gasteiger partial charge >= 0.3 is 0 Å². The fourth-order valence-corrected chi connectivity index (χ4v) is 1.30. The molecule has 0 amide bonds. The van der Waals surface area contributed by atoms with Crippen molar-refractivity contribution in [1.29, 1.82) is 0 Å². The van der Waals surface area contributed by atoms with Gasteiger partial charge in [0.2, 0.25) is 0 Å². The second-order valence-corrected chi connectivity index (χ2v) is 3.66. The summed E-state index contributed by atoms with van der Waals surface area (Å²) in [7, 11) is 3.93. The van der Waals surface area contributed by atoms with Gasteiger partial charge in [-0.05, 0) is 20.2 Å². The third kappa shape index (κ3) is 2.63. The van der Waals surface area contributed by atoms with Crippen LogP contribution in [-0.2, 0) is 6.54 Å². The average molecular weight is 205 g/mol. The molecule has 0 fully saturated rings. The molecule has 2 nitrogen and oxygen atoms in total. The third-order valence-electron chi connectivity index (χ3n) is 1.35. The maximum atomic E-state index is 5.90. The number of rotatable bonds is 2. The number of pyridine rings is 1. The first-order valence-corrected chi connectivity index (χ1v) is 4.30. The van der Waals surface area contributed by atoms with Gasteiger partial charge in [-0.25, -0.2) is 0 Å². The van der Waals surface area contributed by atoms with Crippen LogP contribution in [0.3, 0.4) is 0 Å². The van der Waals surface area contributed by atoms with Crippen molar-refractivity contribution < 1.29 is 0 Å². The van der Waals surface area contributed by atoms with E-state index in [-0.39, 0.29) is 0 Å². The van der Waals surface area contributed by atoms with E-state index in [0.717, 1.165) is 12.2 Å². The zero-order chi connectivity index (χ0) is 9.14. The molecule has 1 heterocycles. The predicted molar refractivity (Wildman–Crippen MR) is 51.6 cm³/mol. The molecule has 0 aliphatic carbocycles. The number of halogens is 2. The van der Waals surface area contributed by atoms with Gasteiger partial charge in [-0.15, -0.1) is 0 Å². The summed E-state index contributed by atoms with van der Waals surface area (Å²) in [6.45, 7) is 0.732. The minimum atomic E-state index is 0.572. The highest BCUT2D eigenvalue weighted by atomic mass is 35.5. The first kappa shape index (κ1) is 9.78. The van der Waals surface area contributed by atoms with Gasteiger partial charge in [-0.2, -0.15) is 0 Å². The summed E-state index contributed by atoms with van der Waals surface area (Å²) in [5.41, 5.74) is 0.853. The number of aromatic nitrogens is 1. The van der Waals surface area contributed by atoms with Gasteiger partial charge in [0.05, 0.1) is 15.7 Å². The van der Waals surface area contributed by atoms with Crippen molar-refractivity contribution in [2.45, 2.75) is 6.54 Å². The number of hydrogen-bond acceptors (Lipinski definition) is 2. The van der Waals surface area contributed by atoms with E-state index in [4.69, 9.17) is 23.2 Å². The smallest absolute Gasteiger partial charge is 0.0730 e. The highest BCUT2D eigenvalue weighted by Gasteiger charge is 2.03. The summed E-state index contributed by atoms with van der Waals surface area (Å²) in [4.78, 5) is 6.11. The summed E-state index contributed by atoms with van der Waals surface area (Å²) in [5.74, 6) is 0. The second kappa shape index (κ2) is 4.08. The molecule has 1 rings (SSSR count). The van der Waals surface area contributed by atoms with Crippen molar-refractivity contribution in [3.8, 4) is 0 Å². The Morgan fingerprint density at radius 3 is 2.58 bits per heavy atom. The molecule has 0 atom stereocenters. The van der Waals surface area contributed by atoms with Crippen LogP contribution in [0, 0.1) is 0 Å². The quantitative estimate of drug-likeness (QED) is 0.737. The highest BCUT2D eigenvalue weighted by Crippen LogP contribution is 2.18. The lowest BCUT2D eigenvalue weighted by Crippen LogP contribution is -2.12. The Morgan fingerprint density at radius 1 is 1.42 bits per heavy atom. The Hall–Kier alpha value is -0.310. The molecule has 1 aromatic rings. The number of hydrogen-bond donors (Lipinski definition) is 0. The molecule has 0 aliphatic rings. The molecule has 1 aromatic heterocycles. The molecule has 0 bridgehead atoms. The monoisotopic (exact) mass is 204 g/mol. The molecular weight excluding hydrogens is 195 g/mol. The summed E-state index contributed by atoms with van der Waals surface area (Å²) < 4.78 is 0. The van der Waals surface area contributed by atoms with Crippen LogP contribution < -0.4 is 0 Å². The Labute approximate surface area is 82.1 Å². The molecule has 0 N–H and O–H groups in total. The highest BCUT2D eigenvalue weighted by molar-refractivity contribution is 6.34. The van der Waals surface area contributed by atoms with Crippen molar-refractivity contribution in [2.24, 2.45) is 0 Å². The minimum Gasteiger partial charge on any atom is -0.304 e. The normalized spacial score (nSPS) is 10.8. The number of nitrogens with zero attached hydrogens (tertiary/aromatic N) is 2. The van der Waals surface area contributed by atoms with Crippen molar-refractivity contribution in [1.82, 2.24) is 9.88 Å². The largest absolute Gasteiger partial charge is 0.304 e. The molecule has 12 heavy (non-hydrogen) atoms. The topological polar surface area (TPSA) is 16.1 Å². The second-order valence-electron chi connectivity index (χ2n) is 2.82. The van der Waals surface area contributed by atoms with Crippen LogP contribution in [0.4, 0.5) is 0 Å². The predicted octanol–water partition coefficient (Wildman–Crippen LogP) is 2.45. The maximum Gasteiger partial charge on any atom is 0.0730 e. The van der Waals surface area contributed by atoms with Crippen LogP contribution in [0.2, 0.25) is 10.0 Å². The fourth-order valence-electron chi connectivity index (χ4n) is 0.859. The van der Waals surface area contributed by atoms with Gasteiger partial charge in [0.15, 0.2) is 0 Å². The summed E-state index contributed by atoms with van der Waals surface area (Å²) in [6.07, 6.45) is 1.60. The van der Waals surface area contributed by atoms with E-state index in [1.807, 2.05) is 19.0 Å². The molecule has 0 unspecified atom stereocenters. The van der Waals surface area contributed by atoms with Gasteiger partial charge in [-0.3, -0.25) is 4.98 Å². The van der Waals surface area contributed by atoms with E-state index >= 15 is 0 Å². The zero-order valence-corrected chi connectivity index (χ0v) is 8.52. The van der Waals surface area contributed by atoms with Gasteiger partial charge in [0.1, 0.15) is 0 Å². The summed E-state index contributed by atoms with van der Waals surface area (Å²) in [6, 6.07) is 1.70. The molecular formula is C8H10Cl2N2. The Morgan fingerprint density at radius 2 is 2.08 bits per heavy atom. The van der Waals surface area contributed by atoms with Crippen LogP contribution in [0.1, 0.15) is 5.69 Å². The Bertz CT molecular complexity index is 274. The molecule has 0 aromatic carbocycles. The fraction of sp³-hybridized carbons (Fsp3) is 0.375. The van der Waals surface area contributed by atoms with E-state index < -0.39 is 0 Å². The van der Waals surface area contributed by atoms with Crippen molar-refractivity contribution >= 4 is 23.2 Å². The van der Waals surface area contributed by atoms with E-state index in [1.54, 1.807) is 12.3 Å². The minimum absolute atomic E-state index is 0.572. The van der Waals surface area contributed by atoms with Crippen LogP contribution in [0.5, 0.6) is 0 Å². The van der Waals surface area contributed by atoms with Crippen LogP contribution >= 0.6 is 23.2 Å². The maximum absolute atomic E-state index is 5.90. The SMILES string of the molecule is CN(C)Cc1ncc(Cl)cc1Cl. The molecule has 0 radical (unpaired) electrons. The van der Waals surface area contributed by atoms with Crippen LogP contribution in [0.25, 0.3) is 0 Å². The lowest BCUT2D eigenvalue weighted by molar-refractivity contribution is 0.397. The van der Waals surface area contributed by atoms with Gasteiger partial charge in [-0.1, -0.05) is 23.2 Å². The Balaban J connectivity index is 2.86. The molecule has 0 saturated heterocycles. The average Bonchev–Trinajstić information content (AvgIpc) is 1.94.